The number of rotatable bonds is 7. The summed E-state index contributed by atoms with van der Waals surface area (Å²) < 4.78 is 5.77. The molecule has 1 aliphatic heterocycles. The molecule has 0 atom stereocenters. The fourth-order valence-electron chi connectivity index (χ4n) is 3.12. The number of carbonyl (C=O) groups is 2. The minimum absolute atomic E-state index is 0.0792. The van der Waals surface area contributed by atoms with Crippen molar-refractivity contribution in [3.05, 3.63) is 65.7 Å². The summed E-state index contributed by atoms with van der Waals surface area (Å²) in [7, 11) is 0. The van der Waals surface area contributed by atoms with Crippen LogP contribution in [0.5, 0.6) is 5.75 Å². The lowest BCUT2D eigenvalue weighted by Gasteiger charge is -2.15. The monoisotopic (exact) mass is 378 g/mol. The number of nitrogens with one attached hydrogen (secondary N) is 1. The smallest absolute Gasteiger partial charge is 0.244 e. The number of hydrogen-bond acceptors (Lipinski definition) is 3. The lowest BCUT2D eigenvalue weighted by atomic mass is 10.1. The minimum atomic E-state index is -0.168. The highest BCUT2D eigenvalue weighted by molar-refractivity contribution is 5.95. The van der Waals surface area contributed by atoms with Gasteiger partial charge in [0.2, 0.25) is 11.8 Å². The summed E-state index contributed by atoms with van der Waals surface area (Å²) in [5.74, 6) is 0.788. The molecule has 2 aromatic carbocycles. The quantitative estimate of drug-likeness (QED) is 0.743. The average Bonchev–Trinajstić information content (AvgIpc) is 3.11. The largest absolute Gasteiger partial charge is 0.491 e. The fraction of sp³-hybridized carbons (Fsp3) is 0.304. The van der Waals surface area contributed by atoms with Gasteiger partial charge in [0.1, 0.15) is 5.75 Å². The summed E-state index contributed by atoms with van der Waals surface area (Å²) in [6.07, 6.45) is 4.89. The lowest BCUT2D eigenvalue weighted by Crippen LogP contribution is -2.23. The van der Waals surface area contributed by atoms with E-state index in [1.165, 1.54) is 6.08 Å². The SMILES string of the molecule is CC(C)Oc1ccccc1CNC(=O)C=Cc1ccc(N2CCCC2=O)cc1. The zero-order valence-electron chi connectivity index (χ0n) is 16.4. The molecule has 2 aromatic rings. The maximum atomic E-state index is 12.2. The van der Waals surface area contributed by atoms with Crippen molar-refractivity contribution in [3.63, 3.8) is 0 Å². The van der Waals surface area contributed by atoms with Gasteiger partial charge in [-0.15, -0.1) is 0 Å². The van der Waals surface area contributed by atoms with Gasteiger partial charge >= 0.3 is 0 Å². The molecule has 0 saturated carbocycles. The molecule has 1 heterocycles. The summed E-state index contributed by atoms with van der Waals surface area (Å²) in [4.78, 5) is 25.7. The van der Waals surface area contributed by atoms with Crippen LogP contribution < -0.4 is 15.0 Å². The molecular formula is C23H26N2O3. The highest BCUT2D eigenvalue weighted by Gasteiger charge is 2.21. The number of amides is 2. The highest BCUT2D eigenvalue weighted by Crippen LogP contribution is 2.22. The predicted molar refractivity (Wildman–Crippen MR) is 111 cm³/mol. The van der Waals surface area contributed by atoms with Gasteiger partial charge in [0.05, 0.1) is 6.10 Å². The molecule has 1 saturated heterocycles. The maximum Gasteiger partial charge on any atom is 0.244 e. The van der Waals surface area contributed by atoms with E-state index in [0.717, 1.165) is 35.5 Å². The van der Waals surface area contributed by atoms with Crippen LogP contribution >= 0.6 is 0 Å². The Hall–Kier alpha value is -3.08. The van der Waals surface area contributed by atoms with E-state index in [1.807, 2.05) is 62.4 Å². The van der Waals surface area contributed by atoms with Crippen LogP contribution in [-0.4, -0.2) is 24.5 Å². The van der Waals surface area contributed by atoms with Crippen molar-refractivity contribution in [1.29, 1.82) is 0 Å². The summed E-state index contributed by atoms with van der Waals surface area (Å²) in [6.45, 7) is 5.13. The molecular weight excluding hydrogens is 352 g/mol. The van der Waals surface area contributed by atoms with Gasteiger partial charge in [-0.25, -0.2) is 0 Å². The maximum absolute atomic E-state index is 12.2. The van der Waals surface area contributed by atoms with E-state index in [1.54, 1.807) is 11.0 Å². The summed E-state index contributed by atoms with van der Waals surface area (Å²) >= 11 is 0. The molecule has 0 bridgehead atoms. The molecule has 28 heavy (non-hydrogen) atoms. The second-order valence-corrected chi connectivity index (χ2v) is 7.07. The van der Waals surface area contributed by atoms with Crippen molar-refractivity contribution in [2.24, 2.45) is 0 Å². The van der Waals surface area contributed by atoms with Crippen molar-refractivity contribution in [3.8, 4) is 5.75 Å². The zero-order chi connectivity index (χ0) is 19.9. The highest BCUT2D eigenvalue weighted by atomic mass is 16.5. The number of carbonyl (C=O) groups excluding carboxylic acids is 2. The van der Waals surface area contributed by atoms with Crippen molar-refractivity contribution in [2.75, 3.05) is 11.4 Å². The van der Waals surface area contributed by atoms with Gasteiger partial charge in [-0.3, -0.25) is 9.59 Å². The number of anilines is 1. The van der Waals surface area contributed by atoms with E-state index in [-0.39, 0.29) is 17.9 Å². The molecule has 5 heteroatoms. The molecule has 0 aliphatic carbocycles. The molecule has 5 nitrogen and oxygen atoms in total. The molecule has 1 fully saturated rings. The Bertz CT molecular complexity index is 856. The Morgan fingerprint density at radius 2 is 1.93 bits per heavy atom. The lowest BCUT2D eigenvalue weighted by molar-refractivity contribution is -0.117. The number of nitrogens with zero attached hydrogens (tertiary/aromatic N) is 1. The zero-order valence-corrected chi connectivity index (χ0v) is 16.4. The first kappa shape index (κ1) is 19.7. The molecule has 0 unspecified atom stereocenters. The van der Waals surface area contributed by atoms with E-state index < -0.39 is 0 Å². The molecule has 2 amide bonds. The third-order valence-electron chi connectivity index (χ3n) is 4.49. The van der Waals surface area contributed by atoms with Crippen molar-refractivity contribution in [2.45, 2.75) is 39.3 Å². The normalized spacial score (nSPS) is 14.1. The average molecular weight is 378 g/mol. The number of para-hydroxylation sites is 1. The van der Waals surface area contributed by atoms with Gasteiger partial charge in [0.15, 0.2) is 0 Å². The Balaban J connectivity index is 1.55. The predicted octanol–water partition coefficient (Wildman–Crippen LogP) is 3.93. The third-order valence-corrected chi connectivity index (χ3v) is 4.49. The summed E-state index contributed by atoms with van der Waals surface area (Å²) in [6, 6.07) is 15.4. The number of benzene rings is 2. The van der Waals surface area contributed by atoms with Crippen LogP contribution in [0.15, 0.2) is 54.6 Å². The topological polar surface area (TPSA) is 58.6 Å². The molecule has 146 valence electrons. The van der Waals surface area contributed by atoms with Gasteiger partial charge in [-0.2, -0.15) is 0 Å². The van der Waals surface area contributed by atoms with Gasteiger partial charge in [0.25, 0.3) is 0 Å². The van der Waals surface area contributed by atoms with Crippen LogP contribution in [0.4, 0.5) is 5.69 Å². The van der Waals surface area contributed by atoms with Crippen LogP contribution in [0.3, 0.4) is 0 Å². The van der Waals surface area contributed by atoms with Crippen molar-refractivity contribution < 1.29 is 14.3 Å². The van der Waals surface area contributed by atoms with Crippen LogP contribution in [0.25, 0.3) is 6.08 Å². The Morgan fingerprint density at radius 1 is 1.18 bits per heavy atom. The molecule has 0 radical (unpaired) electrons. The minimum Gasteiger partial charge on any atom is -0.491 e. The van der Waals surface area contributed by atoms with Gasteiger partial charge in [-0.1, -0.05) is 30.3 Å². The van der Waals surface area contributed by atoms with E-state index in [4.69, 9.17) is 4.74 Å². The summed E-state index contributed by atoms with van der Waals surface area (Å²) in [5.41, 5.74) is 2.76. The van der Waals surface area contributed by atoms with Crippen molar-refractivity contribution >= 4 is 23.6 Å². The number of hydrogen-bond donors (Lipinski definition) is 1. The van der Waals surface area contributed by atoms with Gasteiger partial charge in [-0.05, 0) is 50.1 Å². The molecule has 0 aromatic heterocycles. The first-order valence-electron chi connectivity index (χ1n) is 9.64. The summed E-state index contributed by atoms with van der Waals surface area (Å²) in [5, 5.41) is 2.89. The van der Waals surface area contributed by atoms with Crippen LogP contribution in [0, 0.1) is 0 Å². The van der Waals surface area contributed by atoms with Gasteiger partial charge < -0.3 is 15.0 Å². The van der Waals surface area contributed by atoms with Crippen LogP contribution in [0.1, 0.15) is 37.8 Å². The second-order valence-electron chi connectivity index (χ2n) is 7.07. The van der Waals surface area contributed by atoms with E-state index in [9.17, 15) is 9.59 Å². The Labute approximate surface area is 166 Å². The first-order chi connectivity index (χ1) is 13.5. The third kappa shape index (κ3) is 5.22. The molecule has 1 aliphatic rings. The van der Waals surface area contributed by atoms with Gasteiger partial charge in [0, 0.05) is 36.8 Å². The molecule has 1 N–H and O–H groups in total. The first-order valence-corrected chi connectivity index (χ1v) is 9.64. The van der Waals surface area contributed by atoms with Crippen molar-refractivity contribution in [1.82, 2.24) is 5.32 Å². The van der Waals surface area contributed by atoms with E-state index >= 15 is 0 Å². The standard InChI is InChI=1S/C23H26N2O3/c1-17(2)28-21-7-4-3-6-19(21)16-24-22(26)14-11-18-9-12-20(13-10-18)25-15-5-8-23(25)27/h3-4,6-7,9-14,17H,5,8,15-16H2,1-2H3,(H,24,26). The fourth-order valence-corrected chi connectivity index (χ4v) is 3.12. The molecule has 0 spiro atoms. The Morgan fingerprint density at radius 3 is 2.61 bits per heavy atom. The molecule has 3 rings (SSSR count). The van der Waals surface area contributed by atoms with E-state index in [2.05, 4.69) is 5.32 Å². The van der Waals surface area contributed by atoms with Crippen LogP contribution in [0.2, 0.25) is 0 Å². The van der Waals surface area contributed by atoms with Crippen LogP contribution in [-0.2, 0) is 16.1 Å². The Kier molecular flexibility index (Phi) is 6.48. The number of ether oxygens (including phenoxy) is 1. The second kappa shape index (κ2) is 9.22. The van der Waals surface area contributed by atoms with E-state index in [0.29, 0.717) is 13.0 Å².